The minimum absolute atomic E-state index is 0.0224. The maximum absolute atomic E-state index is 13.5. The fraction of sp³-hybridized carbons (Fsp3) is 0.424. The Balaban J connectivity index is 1.55. The highest BCUT2D eigenvalue weighted by molar-refractivity contribution is 6.01. The zero-order chi connectivity index (χ0) is 31.7. The number of aldehydes is 1. The van der Waals surface area contributed by atoms with Crippen LogP contribution in [0.5, 0.6) is 11.5 Å². The number of aromatic amines is 1. The summed E-state index contributed by atoms with van der Waals surface area (Å²) in [7, 11) is 1.55. The Morgan fingerprint density at radius 3 is 2.66 bits per heavy atom. The number of fused-ring (bicyclic) bond motifs is 1. The van der Waals surface area contributed by atoms with E-state index in [0.717, 1.165) is 11.8 Å². The SMILES string of the molecule is COc1cccc2[nH]c(C(=O)N[C@](C=O)(CN[C@@H](C[C@@H]3CCCNC3=O)C(=O)COc3ccccc3C#N)CC(C)C)cc12. The number of para-hydroxylation sites is 1. The van der Waals surface area contributed by atoms with Crippen molar-refractivity contribution in [2.24, 2.45) is 11.8 Å². The molecule has 1 aliphatic heterocycles. The Kier molecular flexibility index (Phi) is 10.7. The van der Waals surface area contributed by atoms with Crippen molar-refractivity contribution >= 4 is 34.8 Å². The number of nitriles is 1. The number of carbonyl (C=O) groups is 4. The van der Waals surface area contributed by atoms with Gasteiger partial charge in [-0.05, 0) is 61.9 Å². The maximum Gasteiger partial charge on any atom is 0.268 e. The molecular formula is C33H39N5O6. The molecule has 2 amide bonds. The van der Waals surface area contributed by atoms with Gasteiger partial charge in [0.2, 0.25) is 5.91 Å². The first-order valence-electron chi connectivity index (χ1n) is 14.8. The second-order valence-corrected chi connectivity index (χ2v) is 11.6. The maximum atomic E-state index is 13.5. The van der Waals surface area contributed by atoms with E-state index in [-0.39, 0.29) is 48.6 Å². The molecule has 11 heteroatoms. The molecule has 3 atom stereocenters. The van der Waals surface area contributed by atoms with Crippen molar-refractivity contribution in [3.8, 4) is 17.6 Å². The molecule has 11 nitrogen and oxygen atoms in total. The summed E-state index contributed by atoms with van der Waals surface area (Å²) in [5, 5.41) is 19.1. The third kappa shape index (κ3) is 7.82. The van der Waals surface area contributed by atoms with Crippen LogP contribution in [0.25, 0.3) is 10.9 Å². The van der Waals surface area contributed by atoms with E-state index in [4.69, 9.17) is 9.47 Å². The van der Waals surface area contributed by atoms with Gasteiger partial charge in [0, 0.05) is 29.9 Å². The Hall–Kier alpha value is -4.69. The quantitative estimate of drug-likeness (QED) is 0.193. The number of piperidine rings is 1. The molecule has 232 valence electrons. The van der Waals surface area contributed by atoms with Gasteiger partial charge in [0.1, 0.15) is 41.7 Å². The zero-order valence-corrected chi connectivity index (χ0v) is 25.3. The molecule has 0 aliphatic carbocycles. The first-order valence-corrected chi connectivity index (χ1v) is 14.8. The van der Waals surface area contributed by atoms with E-state index in [1.807, 2.05) is 32.0 Å². The predicted octanol–water partition coefficient (Wildman–Crippen LogP) is 3.28. The summed E-state index contributed by atoms with van der Waals surface area (Å²) in [6.07, 6.45) is 2.62. The minimum Gasteiger partial charge on any atom is -0.496 e. The molecule has 1 saturated heterocycles. The van der Waals surface area contributed by atoms with Crippen molar-refractivity contribution in [1.82, 2.24) is 20.9 Å². The Labute approximate surface area is 256 Å². The van der Waals surface area contributed by atoms with Crippen LogP contribution in [0.15, 0.2) is 48.5 Å². The number of aromatic nitrogens is 1. The van der Waals surface area contributed by atoms with Crippen LogP contribution in [-0.4, -0.2) is 67.3 Å². The number of ether oxygens (including phenoxy) is 2. The minimum atomic E-state index is -1.35. The van der Waals surface area contributed by atoms with E-state index in [0.29, 0.717) is 42.5 Å². The predicted molar refractivity (Wildman–Crippen MR) is 164 cm³/mol. The largest absolute Gasteiger partial charge is 0.496 e. The van der Waals surface area contributed by atoms with Gasteiger partial charge in [0.25, 0.3) is 5.91 Å². The van der Waals surface area contributed by atoms with E-state index in [9.17, 15) is 24.4 Å². The number of hydrogen-bond acceptors (Lipinski definition) is 8. The van der Waals surface area contributed by atoms with Gasteiger partial charge in [-0.15, -0.1) is 0 Å². The number of benzene rings is 2. The third-order valence-electron chi connectivity index (χ3n) is 7.80. The number of carbonyl (C=O) groups excluding carboxylic acids is 4. The topological polar surface area (TPSA) is 162 Å². The molecule has 3 aromatic rings. The van der Waals surface area contributed by atoms with E-state index < -0.39 is 23.4 Å². The molecular weight excluding hydrogens is 562 g/mol. The van der Waals surface area contributed by atoms with Crippen molar-refractivity contribution in [1.29, 1.82) is 5.26 Å². The van der Waals surface area contributed by atoms with Gasteiger partial charge in [-0.1, -0.05) is 32.0 Å². The van der Waals surface area contributed by atoms with Crippen molar-refractivity contribution in [3.05, 3.63) is 59.8 Å². The van der Waals surface area contributed by atoms with Gasteiger partial charge in [0.05, 0.1) is 18.7 Å². The second-order valence-electron chi connectivity index (χ2n) is 11.6. The Bertz CT molecular complexity index is 1540. The average molecular weight is 602 g/mol. The van der Waals surface area contributed by atoms with Gasteiger partial charge in [0.15, 0.2) is 5.78 Å². The average Bonchev–Trinajstić information content (AvgIpc) is 3.47. The van der Waals surface area contributed by atoms with Crippen LogP contribution in [0.2, 0.25) is 0 Å². The molecule has 2 heterocycles. The van der Waals surface area contributed by atoms with Crippen LogP contribution in [0.3, 0.4) is 0 Å². The summed E-state index contributed by atoms with van der Waals surface area (Å²) < 4.78 is 11.1. The second kappa shape index (κ2) is 14.7. The number of hydrogen-bond donors (Lipinski definition) is 4. The van der Waals surface area contributed by atoms with E-state index in [1.54, 1.807) is 43.5 Å². The van der Waals surface area contributed by atoms with Gasteiger partial charge >= 0.3 is 0 Å². The lowest BCUT2D eigenvalue weighted by Gasteiger charge is -2.34. The number of ketones is 1. The van der Waals surface area contributed by atoms with Crippen LogP contribution in [0.1, 0.15) is 55.6 Å². The molecule has 0 spiro atoms. The molecule has 0 unspecified atom stereocenters. The summed E-state index contributed by atoms with van der Waals surface area (Å²) in [4.78, 5) is 55.4. The molecule has 0 radical (unpaired) electrons. The summed E-state index contributed by atoms with van der Waals surface area (Å²) in [6, 6.07) is 14.9. The van der Waals surface area contributed by atoms with E-state index in [1.165, 1.54) is 0 Å². The fourth-order valence-electron chi connectivity index (χ4n) is 5.65. The van der Waals surface area contributed by atoms with Crippen molar-refractivity contribution < 1.29 is 28.7 Å². The third-order valence-corrected chi connectivity index (χ3v) is 7.80. The molecule has 2 aromatic carbocycles. The van der Waals surface area contributed by atoms with Gasteiger partial charge < -0.3 is 35.2 Å². The molecule has 0 bridgehead atoms. The first-order chi connectivity index (χ1) is 21.2. The standard InChI is InChI=1S/C33H39N5O6/c1-21(2)16-33(20-39,38-32(42)27-15-24-25(37-27)10-6-12-30(24)43-3)19-36-26(14-22-9-7-13-35-31(22)41)28(40)18-44-29-11-5-4-8-23(29)17-34/h4-6,8,10-12,15,20-22,26,36-37H,7,9,13-14,16,18-19H2,1-3H3,(H,35,41)(H,38,42)/t22-,26-,33-/m0/s1. The van der Waals surface area contributed by atoms with Crippen molar-refractivity contribution in [3.63, 3.8) is 0 Å². The highest BCUT2D eigenvalue weighted by Gasteiger charge is 2.36. The summed E-state index contributed by atoms with van der Waals surface area (Å²) in [5.41, 5.74) is -0.0855. The van der Waals surface area contributed by atoms with Crippen molar-refractivity contribution in [2.75, 3.05) is 26.8 Å². The van der Waals surface area contributed by atoms with Gasteiger partial charge in [-0.3, -0.25) is 14.4 Å². The number of amides is 2. The highest BCUT2D eigenvalue weighted by atomic mass is 16.5. The molecule has 1 aliphatic rings. The lowest BCUT2D eigenvalue weighted by Crippen LogP contribution is -2.59. The van der Waals surface area contributed by atoms with Gasteiger partial charge in [-0.25, -0.2) is 0 Å². The molecule has 44 heavy (non-hydrogen) atoms. The summed E-state index contributed by atoms with van der Waals surface area (Å²) in [6.45, 7) is 4.07. The highest BCUT2D eigenvalue weighted by Crippen LogP contribution is 2.27. The Morgan fingerprint density at radius 2 is 1.95 bits per heavy atom. The van der Waals surface area contributed by atoms with Crippen LogP contribution < -0.4 is 25.4 Å². The van der Waals surface area contributed by atoms with Crippen LogP contribution in [0, 0.1) is 23.2 Å². The van der Waals surface area contributed by atoms with Gasteiger partial charge in [-0.2, -0.15) is 5.26 Å². The summed E-state index contributed by atoms with van der Waals surface area (Å²) in [5.74, 6) is -0.438. The molecule has 4 N–H and O–H groups in total. The van der Waals surface area contributed by atoms with Crippen molar-refractivity contribution in [2.45, 2.75) is 51.1 Å². The van der Waals surface area contributed by atoms with E-state index in [2.05, 4.69) is 20.9 Å². The Morgan fingerprint density at radius 1 is 1.18 bits per heavy atom. The number of rotatable bonds is 15. The summed E-state index contributed by atoms with van der Waals surface area (Å²) >= 11 is 0. The lowest BCUT2D eigenvalue weighted by atomic mass is 9.87. The number of H-pyrrole nitrogens is 1. The fourth-order valence-corrected chi connectivity index (χ4v) is 5.65. The zero-order valence-electron chi connectivity index (χ0n) is 25.3. The number of nitrogens with zero attached hydrogens (tertiary/aromatic N) is 1. The monoisotopic (exact) mass is 601 g/mol. The molecule has 1 aromatic heterocycles. The normalized spacial score (nSPS) is 16.8. The van der Waals surface area contributed by atoms with Crippen LogP contribution in [0.4, 0.5) is 0 Å². The molecule has 1 fully saturated rings. The number of methoxy groups -OCH3 is 1. The van der Waals surface area contributed by atoms with E-state index >= 15 is 0 Å². The van der Waals surface area contributed by atoms with Crippen LogP contribution >= 0.6 is 0 Å². The molecule has 0 saturated carbocycles. The molecule has 4 rings (SSSR count). The number of nitrogens with one attached hydrogen (secondary N) is 4. The number of Topliss-reactive ketones (excluding diaryl/α,β-unsaturated/α-hetero) is 1. The van der Waals surface area contributed by atoms with Crippen LogP contribution in [-0.2, 0) is 14.4 Å². The lowest BCUT2D eigenvalue weighted by molar-refractivity contribution is -0.128. The smallest absolute Gasteiger partial charge is 0.268 e. The first kappa shape index (κ1) is 32.2.